The van der Waals surface area contributed by atoms with Crippen molar-refractivity contribution >= 4 is 11.9 Å². The maximum atomic E-state index is 11.7. The summed E-state index contributed by atoms with van der Waals surface area (Å²) in [6, 6.07) is 3.31. The third kappa shape index (κ3) is 11.2. The fourth-order valence-corrected chi connectivity index (χ4v) is 4.62. The number of phenols is 1. The molecule has 3 unspecified atom stereocenters. The predicted octanol–water partition coefficient (Wildman–Crippen LogP) is 1.97. The van der Waals surface area contributed by atoms with E-state index in [2.05, 4.69) is 22.5 Å². The summed E-state index contributed by atoms with van der Waals surface area (Å²) in [6.07, 6.45) is 4.28. The van der Waals surface area contributed by atoms with Gasteiger partial charge in [0.05, 0.1) is 12.7 Å². The van der Waals surface area contributed by atoms with Crippen LogP contribution in [0, 0.1) is 5.92 Å². The van der Waals surface area contributed by atoms with E-state index in [4.69, 9.17) is 15.2 Å². The molecule has 2 rings (SSSR count). The molecular weight excluding hydrogens is 476 g/mol. The molecule has 1 heterocycles. The normalized spacial score (nSPS) is 17.2. The molecule has 7 N–H and O–H groups in total. The average molecular weight is 523 g/mol. The fraction of sp³-hybridized carbons (Fsp3) is 0.704. The van der Waals surface area contributed by atoms with Crippen LogP contribution in [0.3, 0.4) is 0 Å². The van der Waals surface area contributed by atoms with Gasteiger partial charge >= 0.3 is 5.97 Å². The largest absolute Gasteiger partial charge is 0.504 e. The van der Waals surface area contributed by atoms with Crippen molar-refractivity contribution in [3.8, 4) is 11.5 Å². The number of carbonyl (C=O) groups is 1. The molecule has 0 spiro atoms. The zero-order valence-electron chi connectivity index (χ0n) is 22.5. The molecule has 0 amide bonds. The van der Waals surface area contributed by atoms with Crippen LogP contribution in [0.15, 0.2) is 17.1 Å². The predicted molar refractivity (Wildman–Crippen MR) is 144 cm³/mol. The number of hydrogen-bond acceptors (Lipinski definition) is 8. The SMILES string of the molecule is CCC(CCC(O)CC(CCc1cc(OC2CCNCC2)c(O)cc1CO)OC(C)=O)CNC(N)=NC. The second-order valence-electron chi connectivity index (χ2n) is 9.81. The Morgan fingerprint density at radius 2 is 1.97 bits per heavy atom. The number of benzene rings is 1. The number of piperidine rings is 1. The zero-order chi connectivity index (χ0) is 27.2. The van der Waals surface area contributed by atoms with Gasteiger partial charge in [-0.05, 0) is 80.8 Å². The van der Waals surface area contributed by atoms with E-state index in [1.165, 1.54) is 13.0 Å². The van der Waals surface area contributed by atoms with Gasteiger partial charge in [0.2, 0.25) is 0 Å². The standard InChI is InChI=1S/C27H46N4O6/c1-4-19(16-31-27(28)29-3)5-7-22(34)15-24(36-18(2)33)8-6-20-14-26(25(35)13-21(20)17-32)37-23-9-11-30-12-10-23/h13-14,19,22-24,30,32,34-35H,4-12,15-17H2,1-3H3,(H3,28,29,31). The Morgan fingerprint density at radius 3 is 2.59 bits per heavy atom. The van der Waals surface area contributed by atoms with Crippen molar-refractivity contribution < 1.29 is 29.6 Å². The van der Waals surface area contributed by atoms with Crippen LogP contribution in [0.1, 0.15) is 69.9 Å². The lowest BCUT2D eigenvalue weighted by Crippen LogP contribution is -2.35. The fourth-order valence-electron chi connectivity index (χ4n) is 4.62. The van der Waals surface area contributed by atoms with Crippen LogP contribution < -0.4 is 21.1 Å². The molecule has 10 heteroatoms. The minimum atomic E-state index is -0.619. The average Bonchev–Trinajstić information content (AvgIpc) is 2.88. The van der Waals surface area contributed by atoms with Crippen LogP contribution >= 0.6 is 0 Å². The highest BCUT2D eigenvalue weighted by Crippen LogP contribution is 2.33. The number of aliphatic imine (C=N–C) groups is 1. The van der Waals surface area contributed by atoms with Crippen molar-refractivity contribution in [2.24, 2.45) is 16.6 Å². The maximum Gasteiger partial charge on any atom is 0.302 e. The van der Waals surface area contributed by atoms with Gasteiger partial charge in [-0.2, -0.15) is 0 Å². The van der Waals surface area contributed by atoms with Gasteiger partial charge in [-0.15, -0.1) is 0 Å². The number of nitrogens with zero attached hydrogens (tertiary/aromatic N) is 1. The first-order chi connectivity index (χ1) is 17.7. The quantitative estimate of drug-likeness (QED) is 0.115. The first kappa shape index (κ1) is 30.7. The third-order valence-electron chi connectivity index (χ3n) is 6.93. The second-order valence-corrected chi connectivity index (χ2v) is 9.81. The number of nitrogens with two attached hydrogens (primary N) is 1. The molecule has 37 heavy (non-hydrogen) atoms. The van der Waals surface area contributed by atoms with Crippen molar-refractivity contribution in [3.63, 3.8) is 0 Å². The number of phenolic OH excluding ortho intramolecular Hbond substituents is 1. The first-order valence-electron chi connectivity index (χ1n) is 13.4. The van der Waals surface area contributed by atoms with E-state index < -0.39 is 18.2 Å². The number of aliphatic hydroxyl groups excluding tert-OH is 2. The number of esters is 1. The molecular formula is C27H46N4O6. The van der Waals surface area contributed by atoms with Crippen LogP contribution in [0.4, 0.5) is 0 Å². The summed E-state index contributed by atoms with van der Waals surface area (Å²) in [5.74, 6) is 0.742. The van der Waals surface area contributed by atoms with Crippen molar-refractivity contribution in [1.29, 1.82) is 0 Å². The van der Waals surface area contributed by atoms with Gasteiger partial charge in [0.15, 0.2) is 17.5 Å². The minimum absolute atomic E-state index is 0.00484. The van der Waals surface area contributed by atoms with E-state index in [-0.39, 0.29) is 18.5 Å². The number of aromatic hydroxyl groups is 1. The van der Waals surface area contributed by atoms with Crippen LogP contribution in [0.5, 0.6) is 11.5 Å². The van der Waals surface area contributed by atoms with Gasteiger partial charge in [-0.25, -0.2) is 0 Å². The van der Waals surface area contributed by atoms with Crippen LogP contribution in [-0.2, 0) is 22.6 Å². The number of ether oxygens (including phenoxy) is 2. The van der Waals surface area contributed by atoms with E-state index in [0.717, 1.165) is 44.3 Å². The maximum absolute atomic E-state index is 11.7. The zero-order valence-corrected chi connectivity index (χ0v) is 22.5. The summed E-state index contributed by atoms with van der Waals surface area (Å²) in [7, 11) is 1.63. The molecule has 1 aromatic carbocycles. The van der Waals surface area contributed by atoms with Crippen molar-refractivity contribution in [2.45, 2.75) is 90.1 Å². The Morgan fingerprint density at radius 1 is 1.24 bits per heavy atom. The molecule has 1 aliphatic heterocycles. The van der Waals surface area contributed by atoms with Crippen LogP contribution in [0.2, 0.25) is 0 Å². The Balaban J connectivity index is 1.98. The first-order valence-corrected chi connectivity index (χ1v) is 13.4. The van der Waals surface area contributed by atoms with Crippen molar-refractivity contribution in [3.05, 3.63) is 23.3 Å². The summed E-state index contributed by atoms with van der Waals surface area (Å²) < 4.78 is 11.6. The molecule has 1 fully saturated rings. The lowest BCUT2D eigenvalue weighted by atomic mass is 9.94. The summed E-state index contributed by atoms with van der Waals surface area (Å²) in [5, 5.41) is 37.3. The lowest BCUT2D eigenvalue weighted by Gasteiger charge is -2.25. The summed E-state index contributed by atoms with van der Waals surface area (Å²) >= 11 is 0. The molecule has 10 nitrogen and oxygen atoms in total. The minimum Gasteiger partial charge on any atom is -0.504 e. The number of hydrogen-bond donors (Lipinski definition) is 6. The summed E-state index contributed by atoms with van der Waals surface area (Å²) in [5.41, 5.74) is 7.14. The smallest absolute Gasteiger partial charge is 0.302 e. The molecule has 1 saturated heterocycles. The second kappa shape index (κ2) is 16.3. The van der Waals surface area contributed by atoms with Crippen molar-refractivity contribution in [1.82, 2.24) is 10.6 Å². The molecule has 0 saturated carbocycles. The van der Waals surface area contributed by atoms with Crippen LogP contribution in [0.25, 0.3) is 0 Å². The van der Waals surface area contributed by atoms with Gasteiger partial charge in [0.1, 0.15) is 12.2 Å². The molecule has 0 bridgehead atoms. The van der Waals surface area contributed by atoms with E-state index in [9.17, 15) is 20.1 Å². The Labute approximate surface area is 220 Å². The number of nitrogens with one attached hydrogen (secondary N) is 2. The molecule has 1 aliphatic rings. The number of carbonyl (C=O) groups excluding carboxylic acids is 1. The van der Waals surface area contributed by atoms with E-state index in [1.54, 1.807) is 13.1 Å². The highest BCUT2D eigenvalue weighted by atomic mass is 16.5. The molecule has 0 aromatic heterocycles. The Bertz CT molecular complexity index is 860. The monoisotopic (exact) mass is 522 g/mol. The number of rotatable bonds is 15. The van der Waals surface area contributed by atoms with Gasteiger partial charge in [-0.3, -0.25) is 9.79 Å². The van der Waals surface area contributed by atoms with Crippen LogP contribution in [-0.4, -0.2) is 72.2 Å². The van der Waals surface area contributed by atoms with Gasteiger partial charge < -0.3 is 41.2 Å². The molecule has 0 aliphatic carbocycles. The highest BCUT2D eigenvalue weighted by Gasteiger charge is 2.21. The number of aliphatic hydroxyl groups is 2. The van der Waals surface area contributed by atoms with Gasteiger partial charge in [-0.1, -0.05) is 13.3 Å². The van der Waals surface area contributed by atoms with E-state index in [0.29, 0.717) is 55.4 Å². The lowest BCUT2D eigenvalue weighted by molar-refractivity contribution is -0.148. The van der Waals surface area contributed by atoms with E-state index >= 15 is 0 Å². The molecule has 210 valence electrons. The molecule has 3 atom stereocenters. The highest BCUT2D eigenvalue weighted by molar-refractivity contribution is 5.77. The van der Waals surface area contributed by atoms with E-state index in [1.807, 2.05) is 0 Å². The topological polar surface area (TPSA) is 159 Å². The summed E-state index contributed by atoms with van der Waals surface area (Å²) in [6.45, 7) is 5.66. The van der Waals surface area contributed by atoms with Crippen molar-refractivity contribution in [2.75, 3.05) is 26.7 Å². The Hall–Kier alpha value is -2.56. The number of aryl methyl sites for hydroxylation is 1. The molecule has 0 radical (unpaired) electrons. The number of guanidine groups is 1. The van der Waals surface area contributed by atoms with Gasteiger partial charge in [0.25, 0.3) is 0 Å². The Kier molecular flexibility index (Phi) is 13.5. The van der Waals surface area contributed by atoms with Gasteiger partial charge in [0, 0.05) is 26.9 Å². The third-order valence-corrected chi connectivity index (χ3v) is 6.93. The molecule has 1 aromatic rings. The summed E-state index contributed by atoms with van der Waals surface area (Å²) in [4.78, 5) is 15.6.